The average molecular weight is 522 g/mol. The monoisotopic (exact) mass is 521 g/mol. The van der Waals surface area contributed by atoms with E-state index in [4.69, 9.17) is 14.2 Å². The van der Waals surface area contributed by atoms with Crippen LogP contribution in [0.1, 0.15) is 50.1 Å². The maximum atomic E-state index is 14.1. The molecule has 3 aromatic rings. The largest absolute Gasteiger partial charge is 0.497 e. The van der Waals surface area contributed by atoms with Crippen LogP contribution in [0.15, 0.2) is 42.5 Å². The Kier molecular flexibility index (Phi) is 8.07. The lowest BCUT2D eigenvalue weighted by molar-refractivity contribution is -0.143. The number of rotatable bonds is 10. The van der Waals surface area contributed by atoms with E-state index in [-0.39, 0.29) is 37.0 Å². The van der Waals surface area contributed by atoms with Crippen molar-refractivity contribution in [3.63, 3.8) is 0 Å². The SMILES string of the molecule is COc1ccc(OC)c(C(C(=O)NC2CCCC2)N(CC2CCCO2)C(=O)Cn2nnc3ccccc32)c1. The standard InChI is InChI=1S/C28H35N5O5/c1-36-20-13-14-25(37-2)22(16-20)27(28(35)29-19-8-3-4-9-19)32(17-21-10-7-15-38-21)26(34)18-33-24-12-6-5-11-23(24)30-31-33/h5-6,11-14,16,19,21,27H,3-4,7-10,15,17-18H2,1-2H3,(H,29,35). The fourth-order valence-corrected chi connectivity index (χ4v) is 5.47. The van der Waals surface area contributed by atoms with Crippen molar-refractivity contribution >= 4 is 22.8 Å². The summed E-state index contributed by atoms with van der Waals surface area (Å²) < 4.78 is 18.7. The van der Waals surface area contributed by atoms with Gasteiger partial charge in [-0.15, -0.1) is 5.10 Å². The molecular formula is C28H35N5O5. The number of hydrogen-bond donors (Lipinski definition) is 1. The number of hydrogen-bond acceptors (Lipinski definition) is 7. The van der Waals surface area contributed by atoms with E-state index in [1.165, 1.54) is 0 Å². The van der Waals surface area contributed by atoms with Gasteiger partial charge in [0.25, 0.3) is 0 Å². The lowest BCUT2D eigenvalue weighted by atomic mass is 10.0. The first-order valence-electron chi connectivity index (χ1n) is 13.3. The van der Waals surface area contributed by atoms with Gasteiger partial charge in [0.1, 0.15) is 29.6 Å². The minimum atomic E-state index is -0.938. The van der Waals surface area contributed by atoms with Crippen LogP contribution in [0.5, 0.6) is 11.5 Å². The highest BCUT2D eigenvalue weighted by molar-refractivity contribution is 5.90. The fraction of sp³-hybridized carbons (Fsp3) is 0.500. The third-order valence-corrected chi connectivity index (χ3v) is 7.44. The van der Waals surface area contributed by atoms with Crippen LogP contribution in [0.3, 0.4) is 0 Å². The highest BCUT2D eigenvalue weighted by Gasteiger charge is 2.37. The molecule has 0 bridgehead atoms. The van der Waals surface area contributed by atoms with Crippen molar-refractivity contribution in [3.05, 3.63) is 48.0 Å². The van der Waals surface area contributed by atoms with Gasteiger partial charge in [0.05, 0.1) is 25.8 Å². The summed E-state index contributed by atoms with van der Waals surface area (Å²) in [6.45, 7) is 0.850. The predicted octanol–water partition coefficient (Wildman–Crippen LogP) is 3.26. The van der Waals surface area contributed by atoms with E-state index in [9.17, 15) is 9.59 Å². The van der Waals surface area contributed by atoms with Crippen LogP contribution in [0.4, 0.5) is 0 Å². The molecule has 38 heavy (non-hydrogen) atoms. The highest BCUT2D eigenvalue weighted by atomic mass is 16.5. The number of carbonyl (C=O) groups excluding carboxylic acids is 2. The Morgan fingerprint density at radius 2 is 1.92 bits per heavy atom. The van der Waals surface area contributed by atoms with E-state index in [0.29, 0.717) is 29.2 Å². The molecule has 10 heteroatoms. The van der Waals surface area contributed by atoms with Crippen molar-refractivity contribution in [2.24, 2.45) is 0 Å². The van der Waals surface area contributed by atoms with Crippen molar-refractivity contribution in [1.82, 2.24) is 25.2 Å². The number of benzene rings is 2. The smallest absolute Gasteiger partial charge is 0.247 e. The maximum absolute atomic E-state index is 14.1. The van der Waals surface area contributed by atoms with Crippen LogP contribution in [0, 0.1) is 0 Å². The van der Waals surface area contributed by atoms with E-state index in [1.54, 1.807) is 42.0 Å². The molecule has 2 unspecified atom stereocenters. The van der Waals surface area contributed by atoms with Crippen LogP contribution in [0.25, 0.3) is 11.0 Å². The molecule has 10 nitrogen and oxygen atoms in total. The third-order valence-electron chi connectivity index (χ3n) is 7.44. The van der Waals surface area contributed by atoms with E-state index >= 15 is 0 Å². The lowest BCUT2D eigenvalue weighted by Gasteiger charge is -2.34. The minimum absolute atomic E-state index is 0.0628. The number of fused-ring (bicyclic) bond motifs is 1. The minimum Gasteiger partial charge on any atom is -0.497 e. The van der Waals surface area contributed by atoms with Crippen molar-refractivity contribution in [2.45, 2.75) is 63.3 Å². The molecule has 1 aliphatic carbocycles. The number of amides is 2. The Balaban J connectivity index is 1.54. The number of methoxy groups -OCH3 is 2. The Morgan fingerprint density at radius 1 is 1.11 bits per heavy atom. The van der Waals surface area contributed by atoms with Gasteiger partial charge in [-0.05, 0) is 56.0 Å². The molecule has 0 spiro atoms. The molecule has 5 rings (SSSR count). The van der Waals surface area contributed by atoms with Crippen LogP contribution >= 0.6 is 0 Å². The number of ether oxygens (including phenoxy) is 3. The normalized spacial score (nSPS) is 18.4. The quantitative estimate of drug-likeness (QED) is 0.436. The Bertz CT molecular complexity index is 1270. The number of carbonyl (C=O) groups is 2. The van der Waals surface area contributed by atoms with E-state index in [0.717, 1.165) is 44.0 Å². The summed E-state index contributed by atoms with van der Waals surface area (Å²) >= 11 is 0. The van der Waals surface area contributed by atoms with Gasteiger partial charge in [0.2, 0.25) is 11.8 Å². The van der Waals surface area contributed by atoms with Gasteiger partial charge in [0.15, 0.2) is 0 Å². The Labute approximate surface area is 222 Å². The van der Waals surface area contributed by atoms with Gasteiger partial charge >= 0.3 is 0 Å². The second-order valence-corrected chi connectivity index (χ2v) is 9.92. The number of para-hydroxylation sites is 1. The number of nitrogens with zero attached hydrogens (tertiary/aromatic N) is 4. The molecular weight excluding hydrogens is 486 g/mol. The first-order valence-corrected chi connectivity index (χ1v) is 13.3. The predicted molar refractivity (Wildman–Crippen MR) is 141 cm³/mol. The van der Waals surface area contributed by atoms with Crippen LogP contribution in [-0.2, 0) is 20.9 Å². The molecule has 1 saturated heterocycles. The van der Waals surface area contributed by atoms with E-state index in [1.807, 2.05) is 24.3 Å². The van der Waals surface area contributed by atoms with Gasteiger partial charge in [-0.1, -0.05) is 30.2 Å². The third kappa shape index (κ3) is 5.60. The zero-order valence-electron chi connectivity index (χ0n) is 22.0. The van der Waals surface area contributed by atoms with Crippen LogP contribution in [-0.4, -0.2) is 71.2 Å². The van der Waals surface area contributed by atoms with Gasteiger partial charge in [-0.25, -0.2) is 4.68 Å². The van der Waals surface area contributed by atoms with Crippen molar-refractivity contribution in [2.75, 3.05) is 27.4 Å². The van der Waals surface area contributed by atoms with Crippen molar-refractivity contribution < 1.29 is 23.8 Å². The molecule has 2 aliphatic rings. The topological polar surface area (TPSA) is 108 Å². The summed E-state index contributed by atoms with van der Waals surface area (Å²) in [6.07, 6.45) is 5.59. The number of aromatic nitrogens is 3. The summed E-state index contributed by atoms with van der Waals surface area (Å²) in [7, 11) is 3.13. The van der Waals surface area contributed by atoms with E-state index in [2.05, 4.69) is 15.6 Å². The zero-order chi connectivity index (χ0) is 26.5. The first kappa shape index (κ1) is 26.0. The second-order valence-electron chi connectivity index (χ2n) is 9.92. The summed E-state index contributed by atoms with van der Waals surface area (Å²) in [5.41, 5.74) is 2.02. The molecule has 2 fully saturated rings. The fourth-order valence-electron chi connectivity index (χ4n) is 5.47. The Morgan fingerprint density at radius 3 is 2.66 bits per heavy atom. The van der Waals surface area contributed by atoms with Gasteiger partial charge < -0.3 is 24.4 Å². The number of nitrogens with one attached hydrogen (secondary N) is 1. The molecule has 1 N–H and O–H groups in total. The van der Waals surface area contributed by atoms with Crippen molar-refractivity contribution in [3.8, 4) is 11.5 Å². The summed E-state index contributed by atoms with van der Waals surface area (Å²) in [6, 6.07) is 12.0. The zero-order valence-corrected chi connectivity index (χ0v) is 22.0. The van der Waals surface area contributed by atoms with Crippen LogP contribution in [0.2, 0.25) is 0 Å². The summed E-state index contributed by atoms with van der Waals surface area (Å²) in [5.74, 6) is 0.589. The summed E-state index contributed by atoms with van der Waals surface area (Å²) in [4.78, 5) is 29.7. The first-order chi connectivity index (χ1) is 18.6. The molecule has 2 heterocycles. The molecule has 2 atom stereocenters. The Hall–Kier alpha value is -3.66. The molecule has 2 aromatic carbocycles. The average Bonchev–Trinajstić information content (AvgIpc) is 3.72. The summed E-state index contributed by atoms with van der Waals surface area (Å²) in [5, 5.41) is 11.6. The molecule has 1 saturated carbocycles. The van der Waals surface area contributed by atoms with Crippen molar-refractivity contribution in [1.29, 1.82) is 0 Å². The van der Waals surface area contributed by atoms with Crippen LogP contribution < -0.4 is 14.8 Å². The molecule has 1 aliphatic heterocycles. The molecule has 202 valence electrons. The molecule has 1 aromatic heterocycles. The van der Waals surface area contributed by atoms with Gasteiger partial charge in [-0.2, -0.15) is 0 Å². The molecule has 0 radical (unpaired) electrons. The maximum Gasteiger partial charge on any atom is 0.247 e. The molecule has 2 amide bonds. The van der Waals surface area contributed by atoms with Gasteiger partial charge in [-0.3, -0.25) is 9.59 Å². The second kappa shape index (κ2) is 11.8. The highest BCUT2D eigenvalue weighted by Crippen LogP contribution is 2.35. The lowest BCUT2D eigenvalue weighted by Crippen LogP contribution is -2.49. The van der Waals surface area contributed by atoms with Gasteiger partial charge in [0, 0.05) is 24.8 Å². The van der Waals surface area contributed by atoms with E-state index < -0.39 is 6.04 Å².